The summed E-state index contributed by atoms with van der Waals surface area (Å²) in [5, 5.41) is 14.8. The highest BCUT2D eigenvalue weighted by Gasteiger charge is 2.39. The van der Waals surface area contributed by atoms with E-state index in [-0.39, 0.29) is 49.3 Å². The Bertz CT molecular complexity index is 1070. The first-order valence-electron chi connectivity index (χ1n) is 12.2. The molecule has 2 aromatic carbocycles. The zero-order valence-electron chi connectivity index (χ0n) is 19.4. The fraction of sp³-hybridized carbons (Fsp3) is 0.444. The molecule has 0 spiro atoms. The van der Waals surface area contributed by atoms with E-state index < -0.39 is 18.2 Å². The molecule has 1 saturated heterocycles. The van der Waals surface area contributed by atoms with Crippen LogP contribution >= 0.6 is 0 Å². The van der Waals surface area contributed by atoms with Crippen molar-refractivity contribution in [2.45, 2.75) is 43.7 Å². The molecule has 2 aliphatic carbocycles. The summed E-state index contributed by atoms with van der Waals surface area (Å²) in [5.41, 5.74) is 4.63. The molecule has 3 atom stereocenters. The lowest BCUT2D eigenvalue weighted by atomic mass is 9.98. The Morgan fingerprint density at radius 2 is 1.66 bits per heavy atom. The van der Waals surface area contributed by atoms with Gasteiger partial charge in [-0.2, -0.15) is 0 Å². The van der Waals surface area contributed by atoms with Crippen LogP contribution in [0.4, 0.5) is 4.79 Å². The van der Waals surface area contributed by atoms with Crippen LogP contribution in [0.1, 0.15) is 42.7 Å². The van der Waals surface area contributed by atoms with Gasteiger partial charge in [-0.25, -0.2) is 4.79 Å². The van der Waals surface area contributed by atoms with Gasteiger partial charge in [-0.3, -0.25) is 9.59 Å². The van der Waals surface area contributed by atoms with E-state index in [9.17, 15) is 14.4 Å². The SMILES string of the molecule is O=C(O)CC(NC(=O)C1OCCC1CNC(=O)OCC1c2ccccc2-c2ccccc21)C1CC1. The standard InChI is InChI=1S/C27H30N2O6/c30-24(31)13-23(16-9-10-16)29-26(32)25-17(11-12-34-25)14-28-27(33)35-15-22-20-7-3-1-5-18(20)19-6-2-4-8-21(19)22/h1-8,16-17,22-23,25H,9-15H2,(H,28,33)(H,29,32)(H,30,31). The number of carbonyl (C=O) groups is 3. The van der Waals surface area contributed by atoms with Crippen LogP contribution in [0.25, 0.3) is 11.1 Å². The zero-order chi connectivity index (χ0) is 24.4. The van der Waals surface area contributed by atoms with E-state index >= 15 is 0 Å². The first-order chi connectivity index (χ1) is 17.0. The van der Waals surface area contributed by atoms with Crippen LogP contribution in [-0.4, -0.2) is 55.0 Å². The molecule has 1 saturated carbocycles. The molecule has 184 valence electrons. The monoisotopic (exact) mass is 478 g/mol. The van der Waals surface area contributed by atoms with Gasteiger partial charge in [0.1, 0.15) is 12.7 Å². The highest BCUT2D eigenvalue weighted by molar-refractivity contribution is 5.82. The normalized spacial score (nSPS) is 21.6. The Kier molecular flexibility index (Phi) is 6.72. The minimum atomic E-state index is -0.928. The highest BCUT2D eigenvalue weighted by atomic mass is 16.5. The Morgan fingerprint density at radius 1 is 1.00 bits per heavy atom. The lowest BCUT2D eigenvalue weighted by Crippen LogP contribution is -2.47. The van der Waals surface area contributed by atoms with Crippen molar-refractivity contribution in [2.24, 2.45) is 11.8 Å². The average Bonchev–Trinajstić information content (AvgIpc) is 3.51. The number of alkyl carbamates (subject to hydrolysis) is 1. The molecule has 8 heteroatoms. The number of aliphatic carboxylic acids is 1. The average molecular weight is 479 g/mol. The van der Waals surface area contributed by atoms with Crippen LogP contribution in [0, 0.1) is 11.8 Å². The summed E-state index contributed by atoms with van der Waals surface area (Å²) in [6.07, 6.45) is 1.16. The molecule has 35 heavy (non-hydrogen) atoms. The summed E-state index contributed by atoms with van der Waals surface area (Å²) in [5.74, 6) is -1.23. The van der Waals surface area contributed by atoms with Crippen molar-refractivity contribution in [3.8, 4) is 11.1 Å². The molecule has 3 N–H and O–H groups in total. The van der Waals surface area contributed by atoms with Crippen LogP contribution in [0.3, 0.4) is 0 Å². The number of hydrogen-bond donors (Lipinski definition) is 3. The number of hydrogen-bond acceptors (Lipinski definition) is 5. The number of amides is 2. The van der Waals surface area contributed by atoms with Crippen LogP contribution < -0.4 is 10.6 Å². The molecule has 0 aromatic heterocycles. The minimum absolute atomic E-state index is 0.0184. The first-order valence-corrected chi connectivity index (χ1v) is 12.2. The van der Waals surface area contributed by atoms with Gasteiger partial charge in [0.15, 0.2) is 0 Å². The van der Waals surface area contributed by atoms with Gasteiger partial charge in [0.05, 0.1) is 6.42 Å². The van der Waals surface area contributed by atoms with Crippen molar-refractivity contribution in [1.82, 2.24) is 10.6 Å². The molecule has 0 radical (unpaired) electrons. The van der Waals surface area contributed by atoms with Crippen molar-refractivity contribution in [3.63, 3.8) is 0 Å². The zero-order valence-corrected chi connectivity index (χ0v) is 19.4. The van der Waals surface area contributed by atoms with Crippen molar-refractivity contribution in [2.75, 3.05) is 19.8 Å². The third kappa shape index (κ3) is 5.17. The molecule has 2 aromatic rings. The number of rotatable bonds is 9. The molecule has 2 amide bonds. The van der Waals surface area contributed by atoms with Gasteiger partial charge in [0.25, 0.3) is 0 Å². The summed E-state index contributed by atoms with van der Waals surface area (Å²) in [7, 11) is 0. The number of carbonyl (C=O) groups excluding carboxylic acids is 2. The first kappa shape index (κ1) is 23.4. The molecule has 5 rings (SSSR count). The molecule has 3 aliphatic rings. The van der Waals surface area contributed by atoms with E-state index in [1.54, 1.807) is 0 Å². The molecule has 8 nitrogen and oxygen atoms in total. The summed E-state index contributed by atoms with van der Waals surface area (Å²) in [6.45, 7) is 0.896. The van der Waals surface area contributed by atoms with Crippen LogP contribution in [0.15, 0.2) is 48.5 Å². The maximum Gasteiger partial charge on any atom is 0.407 e. The molecule has 0 bridgehead atoms. The maximum absolute atomic E-state index is 12.8. The minimum Gasteiger partial charge on any atom is -0.481 e. The number of benzene rings is 2. The largest absolute Gasteiger partial charge is 0.481 e. The quantitative estimate of drug-likeness (QED) is 0.510. The number of carboxylic acid groups (broad SMARTS) is 1. The van der Waals surface area contributed by atoms with Gasteiger partial charge < -0.3 is 25.2 Å². The third-order valence-electron chi connectivity index (χ3n) is 7.24. The summed E-state index contributed by atoms with van der Waals surface area (Å²) in [4.78, 5) is 36.4. The van der Waals surface area contributed by atoms with Crippen molar-refractivity contribution in [3.05, 3.63) is 59.7 Å². The van der Waals surface area contributed by atoms with Gasteiger partial charge in [-0.1, -0.05) is 48.5 Å². The predicted octanol–water partition coefficient (Wildman–Crippen LogP) is 3.30. The van der Waals surface area contributed by atoms with E-state index in [1.807, 2.05) is 24.3 Å². The highest BCUT2D eigenvalue weighted by Crippen LogP contribution is 2.44. The summed E-state index contributed by atoms with van der Waals surface area (Å²) < 4.78 is 11.2. The van der Waals surface area contributed by atoms with Crippen molar-refractivity contribution < 1.29 is 29.0 Å². The molecular weight excluding hydrogens is 448 g/mol. The predicted molar refractivity (Wildman–Crippen MR) is 128 cm³/mol. The van der Waals surface area contributed by atoms with Crippen LogP contribution in [0.5, 0.6) is 0 Å². The van der Waals surface area contributed by atoms with E-state index in [0.717, 1.165) is 24.0 Å². The fourth-order valence-electron chi connectivity index (χ4n) is 5.28. The number of ether oxygens (including phenoxy) is 2. The van der Waals surface area contributed by atoms with E-state index in [0.29, 0.717) is 13.0 Å². The van der Waals surface area contributed by atoms with Gasteiger partial charge in [-0.05, 0) is 47.4 Å². The number of nitrogens with one attached hydrogen (secondary N) is 2. The van der Waals surface area contributed by atoms with Gasteiger partial charge >= 0.3 is 12.1 Å². The smallest absolute Gasteiger partial charge is 0.407 e. The Morgan fingerprint density at radius 3 is 2.29 bits per heavy atom. The fourth-order valence-corrected chi connectivity index (χ4v) is 5.28. The topological polar surface area (TPSA) is 114 Å². The number of carboxylic acids is 1. The number of fused-ring (bicyclic) bond motifs is 3. The molecule has 3 unspecified atom stereocenters. The van der Waals surface area contributed by atoms with Crippen molar-refractivity contribution >= 4 is 18.0 Å². The van der Waals surface area contributed by atoms with E-state index in [4.69, 9.17) is 14.6 Å². The Hall–Kier alpha value is -3.39. The Labute approximate surface area is 204 Å². The lowest BCUT2D eigenvalue weighted by Gasteiger charge is -2.22. The van der Waals surface area contributed by atoms with Gasteiger partial charge in [0, 0.05) is 31.0 Å². The third-order valence-corrected chi connectivity index (χ3v) is 7.24. The van der Waals surface area contributed by atoms with E-state index in [2.05, 4.69) is 34.9 Å². The second-order valence-corrected chi connectivity index (χ2v) is 9.60. The van der Waals surface area contributed by atoms with Gasteiger partial charge in [-0.15, -0.1) is 0 Å². The molecule has 1 aliphatic heterocycles. The van der Waals surface area contributed by atoms with Crippen molar-refractivity contribution in [1.29, 1.82) is 0 Å². The molecular formula is C27H30N2O6. The van der Waals surface area contributed by atoms with Gasteiger partial charge in [0.2, 0.25) is 5.91 Å². The van der Waals surface area contributed by atoms with Crippen LogP contribution in [0.2, 0.25) is 0 Å². The second kappa shape index (κ2) is 10.1. The maximum atomic E-state index is 12.8. The second-order valence-electron chi connectivity index (χ2n) is 9.60. The van der Waals surface area contributed by atoms with E-state index in [1.165, 1.54) is 11.1 Å². The summed E-state index contributed by atoms with van der Waals surface area (Å²) >= 11 is 0. The molecule has 1 heterocycles. The Balaban J connectivity index is 1.13. The molecule has 2 fully saturated rings. The summed E-state index contributed by atoms with van der Waals surface area (Å²) in [6, 6.07) is 15.9. The van der Waals surface area contributed by atoms with Crippen LogP contribution in [-0.2, 0) is 19.1 Å². The lowest BCUT2D eigenvalue weighted by molar-refractivity contribution is -0.138.